The summed E-state index contributed by atoms with van der Waals surface area (Å²) in [5, 5.41) is 21.9. The van der Waals surface area contributed by atoms with Crippen LogP contribution in [0.4, 0.5) is 11.4 Å². The van der Waals surface area contributed by atoms with Crippen LogP contribution in [0.3, 0.4) is 0 Å². The predicted octanol–water partition coefficient (Wildman–Crippen LogP) is 0.596. The minimum Gasteiger partial charge on any atom is -0.391 e. The Balaban J connectivity index is 1.93. The van der Waals surface area contributed by atoms with Crippen LogP contribution in [-0.2, 0) is 0 Å². The summed E-state index contributed by atoms with van der Waals surface area (Å²) in [5.74, 6) is 0. The summed E-state index contributed by atoms with van der Waals surface area (Å²) >= 11 is 0. The molecule has 2 heterocycles. The molecule has 0 radical (unpaired) electrons. The fourth-order valence-corrected chi connectivity index (χ4v) is 4.09. The van der Waals surface area contributed by atoms with Crippen LogP contribution in [0.2, 0.25) is 0 Å². The van der Waals surface area contributed by atoms with Crippen molar-refractivity contribution in [1.29, 1.82) is 0 Å². The van der Waals surface area contributed by atoms with Gasteiger partial charge in [0, 0.05) is 11.1 Å². The third kappa shape index (κ3) is 3.48. The molecule has 8 heteroatoms. The summed E-state index contributed by atoms with van der Waals surface area (Å²) < 4.78 is 1.42. The number of benzene rings is 2. The molecule has 0 atom stereocenters. The van der Waals surface area contributed by atoms with Gasteiger partial charge in [0.15, 0.2) is 0 Å². The molecule has 0 amide bonds. The topological polar surface area (TPSA) is 93.1 Å². The van der Waals surface area contributed by atoms with Gasteiger partial charge in [-0.3, -0.25) is 19.5 Å². The highest BCUT2D eigenvalue weighted by atomic mass is 16.6. The number of nitrogens with zero attached hydrogens (tertiary/aromatic N) is 3. The molecule has 0 unspecified atom stereocenters. The van der Waals surface area contributed by atoms with Crippen LogP contribution < -0.4 is 15.4 Å². The van der Waals surface area contributed by atoms with E-state index in [0.29, 0.717) is 41.9 Å². The molecule has 1 saturated heterocycles. The largest absolute Gasteiger partial charge is 0.391 e. The number of nitro groups is 1. The number of pyridine rings is 1. The number of nitrogens with one attached hydrogen (secondary N) is 1. The second kappa shape index (κ2) is 8.02. The van der Waals surface area contributed by atoms with Crippen LogP contribution in [0.1, 0.15) is 0 Å². The van der Waals surface area contributed by atoms with Crippen LogP contribution in [0.5, 0.6) is 0 Å². The number of para-hydroxylation sites is 2. The molecule has 1 aliphatic rings. The van der Waals surface area contributed by atoms with E-state index in [1.165, 1.54) is 9.47 Å². The Morgan fingerprint density at radius 3 is 2.34 bits per heavy atom. The fraction of sp³-hybridized carbons (Fsp3) is 0.286. The molecule has 29 heavy (non-hydrogen) atoms. The first-order valence-corrected chi connectivity index (χ1v) is 9.68. The van der Waals surface area contributed by atoms with Crippen LogP contribution in [-0.4, -0.2) is 53.9 Å². The van der Waals surface area contributed by atoms with E-state index in [2.05, 4.69) is 0 Å². The van der Waals surface area contributed by atoms with Crippen molar-refractivity contribution < 1.29 is 14.9 Å². The highest BCUT2D eigenvalue weighted by Crippen LogP contribution is 2.34. The molecule has 0 saturated carbocycles. The summed E-state index contributed by atoms with van der Waals surface area (Å²) in [5.41, 5.74) is 0.624. The third-order valence-corrected chi connectivity index (χ3v) is 5.48. The molecule has 0 bridgehead atoms. The number of quaternary nitrogens is 1. The Bertz CT molecular complexity index is 1090. The number of fused-ring (bicyclic) bond motifs is 1. The Morgan fingerprint density at radius 2 is 1.69 bits per heavy atom. The molecule has 1 aromatic heterocycles. The standard InChI is InChI=1S/C21H22N4O4/c26-15-14-22-10-12-23(13-11-22)19-17-8-4-5-9-18(17)24(16-6-2-1-3-7-16)21(27)20(19)25(28)29/h1-9,26H,10-15H2/p+1. The molecular weight excluding hydrogens is 372 g/mol. The SMILES string of the molecule is O=c1c([N+](=O)[O-])c(N2CC[NH+](CCO)CC2)c2ccccc2n1-c1ccccc1. The lowest BCUT2D eigenvalue weighted by Gasteiger charge is -2.33. The normalized spacial score (nSPS) is 15.0. The summed E-state index contributed by atoms with van der Waals surface area (Å²) in [6.07, 6.45) is 0. The molecule has 1 aliphatic heterocycles. The molecule has 2 N–H and O–H groups in total. The molecular formula is C21H23N4O4+. The maximum atomic E-state index is 13.3. The lowest BCUT2D eigenvalue weighted by molar-refractivity contribution is -0.900. The quantitative estimate of drug-likeness (QED) is 0.487. The fourth-order valence-electron chi connectivity index (χ4n) is 4.09. The van der Waals surface area contributed by atoms with E-state index in [9.17, 15) is 14.9 Å². The van der Waals surface area contributed by atoms with Crippen LogP contribution in [0.15, 0.2) is 59.4 Å². The van der Waals surface area contributed by atoms with E-state index in [1.54, 1.807) is 24.3 Å². The molecule has 8 nitrogen and oxygen atoms in total. The Kier molecular flexibility index (Phi) is 5.28. The molecule has 2 aromatic carbocycles. The highest BCUT2D eigenvalue weighted by molar-refractivity contribution is 5.97. The number of aromatic nitrogens is 1. The van der Waals surface area contributed by atoms with Crippen LogP contribution >= 0.6 is 0 Å². The third-order valence-electron chi connectivity index (χ3n) is 5.48. The van der Waals surface area contributed by atoms with Gasteiger partial charge in [-0.2, -0.15) is 0 Å². The first-order valence-electron chi connectivity index (χ1n) is 9.68. The van der Waals surface area contributed by atoms with E-state index in [-0.39, 0.29) is 6.61 Å². The Hall–Kier alpha value is -3.23. The van der Waals surface area contributed by atoms with Crippen molar-refractivity contribution in [2.75, 3.05) is 44.2 Å². The molecule has 0 spiro atoms. The van der Waals surface area contributed by atoms with Crippen molar-refractivity contribution in [3.63, 3.8) is 0 Å². The van der Waals surface area contributed by atoms with Gasteiger partial charge in [0.2, 0.25) is 0 Å². The van der Waals surface area contributed by atoms with Crippen LogP contribution in [0, 0.1) is 10.1 Å². The zero-order valence-electron chi connectivity index (χ0n) is 16.0. The van der Waals surface area contributed by atoms with Crippen molar-refractivity contribution >= 4 is 22.3 Å². The number of anilines is 1. The van der Waals surface area contributed by atoms with Crippen molar-refractivity contribution in [2.45, 2.75) is 0 Å². The van der Waals surface area contributed by atoms with Crippen LogP contribution in [0.25, 0.3) is 16.6 Å². The monoisotopic (exact) mass is 395 g/mol. The molecule has 0 aliphatic carbocycles. The zero-order valence-corrected chi connectivity index (χ0v) is 16.0. The molecule has 1 fully saturated rings. The van der Waals surface area contributed by atoms with Gasteiger partial charge in [-0.15, -0.1) is 0 Å². The molecule has 150 valence electrons. The number of aliphatic hydroxyl groups is 1. The second-order valence-corrected chi connectivity index (χ2v) is 7.16. The van der Waals surface area contributed by atoms with Gasteiger partial charge in [0.05, 0.1) is 43.2 Å². The highest BCUT2D eigenvalue weighted by Gasteiger charge is 2.32. The lowest BCUT2D eigenvalue weighted by Crippen LogP contribution is -3.15. The van der Waals surface area contributed by atoms with Gasteiger partial charge in [-0.25, -0.2) is 0 Å². The van der Waals surface area contributed by atoms with Crippen molar-refractivity contribution in [3.05, 3.63) is 75.1 Å². The lowest BCUT2D eigenvalue weighted by atomic mass is 10.1. The van der Waals surface area contributed by atoms with E-state index in [4.69, 9.17) is 5.11 Å². The van der Waals surface area contributed by atoms with Crippen molar-refractivity contribution in [3.8, 4) is 5.69 Å². The predicted molar refractivity (Wildman–Crippen MR) is 111 cm³/mol. The van der Waals surface area contributed by atoms with Gasteiger partial charge < -0.3 is 14.9 Å². The first kappa shape index (κ1) is 19.1. The zero-order chi connectivity index (χ0) is 20.4. The number of hydrogen-bond donors (Lipinski definition) is 2. The summed E-state index contributed by atoms with van der Waals surface area (Å²) in [4.78, 5) is 28.0. The summed E-state index contributed by atoms with van der Waals surface area (Å²) in [6, 6.07) is 16.3. The number of rotatable bonds is 5. The average Bonchev–Trinajstić information content (AvgIpc) is 2.74. The average molecular weight is 395 g/mol. The minimum absolute atomic E-state index is 0.117. The van der Waals surface area contributed by atoms with Gasteiger partial charge >= 0.3 is 11.2 Å². The van der Waals surface area contributed by atoms with E-state index in [0.717, 1.165) is 13.1 Å². The maximum absolute atomic E-state index is 13.3. The van der Waals surface area contributed by atoms with Crippen molar-refractivity contribution in [2.24, 2.45) is 0 Å². The van der Waals surface area contributed by atoms with E-state index >= 15 is 0 Å². The minimum atomic E-state index is -0.625. The van der Waals surface area contributed by atoms with E-state index < -0.39 is 16.2 Å². The molecule has 4 rings (SSSR count). The van der Waals surface area contributed by atoms with Gasteiger partial charge in [0.25, 0.3) is 0 Å². The smallest absolute Gasteiger partial charge is 0.358 e. The maximum Gasteiger partial charge on any atom is 0.358 e. The Labute approximate surface area is 167 Å². The number of aliphatic hydroxyl groups excluding tert-OH is 1. The molecule has 3 aromatic rings. The van der Waals surface area contributed by atoms with E-state index in [1.807, 2.05) is 35.2 Å². The first-order chi connectivity index (χ1) is 14.1. The van der Waals surface area contributed by atoms with Gasteiger partial charge in [0.1, 0.15) is 12.2 Å². The van der Waals surface area contributed by atoms with Crippen molar-refractivity contribution in [1.82, 2.24) is 4.57 Å². The summed E-state index contributed by atoms with van der Waals surface area (Å²) in [7, 11) is 0. The summed E-state index contributed by atoms with van der Waals surface area (Å²) in [6.45, 7) is 3.48. The number of piperazine rings is 1. The number of hydrogen-bond acceptors (Lipinski definition) is 5. The van der Waals surface area contributed by atoms with Gasteiger partial charge in [-0.1, -0.05) is 36.4 Å². The second-order valence-electron chi connectivity index (χ2n) is 7.16. The Morgan fingerprint density at radius 1 is 1.03 bits per heavy atom. The van der Waals surface area contributed by atoms with Gasteiger partial charge in [-0.05, 0) is 18.2 Å².